The van der Waals surface area contributed by atoms with Crippen LogP contribution in [0.25, 0.3) is 0 Å². The lowest BCUT2D eigenvalue weighted by Gasteiger charge is -2.41. The molecule has 2 amide bonds. The number of carbonyl (C=O) groups excluding carboxylic acids is 2. The standard InChI is InChI=1S/C27H34ClN3O2/c28-25(22-9-5-2-6-10-22)27(33)31-19-14-24(15-20-31)30-17-12-23(13-18-30)26(32)29-16-11-21-7-3-1-4-8-21/h1-10,23-25H,11-20H2,(H,29,32). The summed E-state index contributed by atoms with van der Waals surface area (Å²) < 4.78 is 0. The van der Waals surface area contributed by atoms with E-state index >= 15 is 0 Å². The molecule has 2 fully saturated rings. The van der Waals surface area contributed by atoms with E-state index < -0.39 is 5.38 Å². The molecule has 5 nitrogen and oxygen atoms in total. The van der Waals surface area contributed by atoms with E-state index in [1.165, 1.54) is 5.56 Å². The zero-order valence-corrected chi connectivity index (χ0v) is 19.9. The molecule has 0 bridgehead atoms. The van der Waals surface area contributed by atoms with E-state index in [9.17, 15) is 9.59 Å². The zero-order valence-electron chi connectivity index (χ0n) is 19.2. The van der Waals surface area contributed by atoms with Crippen LogP contribution in [0.3, 0.4) is 0 Å². The van der Waals surface area contributed by atoms with Gasteiger partial charge in [0.05, 0.1) is 0 Å². The van der Waals surface area contributed by atoms with Gasteiger partial charge in [-0.15, -0.1) is 11.6 Å². The van der Waals surface area contributed by atoms with Crippen LogP contribution >= 0.6 is 11.6 Å². The molecule has 4 rings (SSSR count). The second-order valence-electron chi connectivity index (χ2n) is 9.17. The Kier molecular flexibility index (Phi) is 8.40. The van der Waals surface area contributed by atoms with E-state index in [-0.39, 0.29) is 17.7 Å². The first-order valence-electron chi connectivity index (χ1n) is 12.2. The maximum Gasteiger partial charge on any atom is 0.245 e. The first-order chi connectivity index (χ1) is 16.1. The highest BCUT2D eigenvalue weighted by atomic mass is 35.5. The average molecular weight is 468 g/mol. The number of benzene rings is 2. The van der Waals surface area contributed by atoms with Crippen molar-refractivity contribution in [1.82, 2.24) is 15.1 Å². The van der Waals surface area contributed by atoms with Crippen LogP contribution in [0.1, 0.15) is 42.2 Å². The number of halogens is 1. The van der Waals surface area contributed by atoms with Gasteiger partial charge in [-0.25, -0.2) is 0 Å². The number of nitrogens with one attached hydrogen (secondary N) is 1. The predicted molar refractivity (Wildman–Crippen MR) is 132 cm³/mol. The van der Waals surface area contributed by atoms with E-state index in [0.717, 1.165) is 63.8 Å². The van der Waals surface area contributed by atoms with E-state index in [0.29, 0.717) is 12.6 Å². The summed E-state index contributed by atoms with van der Waals surface area (Å²) in [5, 5.41) is 2.51. The molecular formula is C27H34ClN3O2. The first kappa shape index (κ1) is 23.8. The fourth-order valence-electron chi connectivity index (χ4n) is 5.02. The number of rotatable bonds is 7. The van der Waals surface area contributed by atoms with E-state index in [4.69, 9.17) is 11.6 Å². The van der Waals surface area contributed by atoms with Gasteiger partial charge in [-0.2, -0.15) is 0 Å². The number of alkyl halides is 1. The van der Waals surface area contributed by atoms with Crippen LogP contribution in [0.2, 0.25) is 0 Å². The lowest BCUT2D eigenvalue weighted by molar-refractivity contribution is -0.133. The second-order valence-corrected chi connectivity index (χ2v) is 9.60. The van der Waals surface area contributed by atoms with Crippen molar-refractivity contribution in [3.8, 4) is 0 Å². The Morgan fingerprint density at radius 1 is 0.879 bits per heavy atom. The maximum atomic E-state index is 12.8. The third-order valence-corrected chi connectivity index (χ3v) is 7.50. The molecule has 1 unspecified atom stereocenters. The Balaban J connectivity index is 1.16. The summed E-state index contributed by atoms with van der Waals surface area (Å²) in [7, 11) is 0. The van der Waals surface area contributed by atoms with Gasteiger partial charge in [0.1, 0.15) is 5.38 Å². The molecule has 2 aliphatic heterocycles. The molecule has 0 aliphatic carbocycles. The fraction of sp³-hybridized carbons (Fsp3) is 0.481. The van der Waals surface area contributed by atoms with Gasteiger partial charge in [-0.05, 0) is 56.3 Å². The Labute approximate surface area is 202 Å². The maximum absolute atomic E-state index is 12.8. The van der Waals surface area contributed by atoms with Crippen LogP contribution in [-0.2, 0) is 16.0 Å². The third kappa shape index (κ3) is 6.36. The van der Waals surface area contributed by atoms with Gasteiger partial charge < -0.3 is 15.1 Å². The minimum Gasteiger partial charge on any atom is -0.356 e. The molecule has 1 atom stereocenters. The highest BCUT2D eigenvalue weighted by Gasteiger charge is 2.33. The summed E-state index contributed by atoms with van der Waals surface area (Å²) >= 11 is 6.45. The quantitative estimate of drug-likeness (QED) is 0.625. The minimum atomic E-state index is -0.612. The summed E-state index contributed by atoms with van der Waals surface area (Å²) in [6, 6.07) is 20.3. The van der Waals surface area contributed by atoms with Crippen molar-refractivity contribution in [2.24, 2.45) is 5.92 Å². The summed E-state index contributed by atoms with van der Waals surface area (Å²) in [5.74, 6) is 0.314. The lowest BCUT2D eigenvalue weighted by atomic mass is 9.92. The molecule has 2 aromatic rings. The summed E-state index contributed by atoms with van der Waals surface area (Å²) in [6.07, 6.45) is 4.63. The normalized spacial score (nSPS) is 19.2. The average Bonchev–Trinajstić information content (AvgIpc) is 2.89. The molecule has 2 heterocycles. The van der Waals surface area contributed by atoms with Gasteiger partial charge in [0.15, 0.2) is 0 Å². The number of piperidine rings is 2. The SMILES string of the molecule is O=C(NCCc1ccccc1)C1CCN(C2CCN(C(=O)C(Cl)c3ccccc3)CC2)CC1. The molecule has 0 saturated carbocycles. The smallest absolute Gasteiger partial charge is 0.245 e. The third-order valence-electron chi connectivity index (χ3n) is 7.06. The number of nitrogens with zero attached hydrogens (tertiary/aromatic N) is 2. The van der Waals surface area contributed by atoms with Crippen molar-refractivity contribution in [3.05, 3.63) is 71.8 Å². The predicted octanol–water partition coefficient (Wildman–Crippen LogP) is 4.03. The molecule has 2 saturated heterocycles. The molecule has 176 valence electrons. The van der Waals surface area contributed by atoms with E-state index in [1.54, 1.807) is 0 Å². The van der Waals surface area contributed by atoms with Crippen molar-refractivity contribution in [1.29, 1.82) is 0 Å². The molecule has 2 aromatic carbocycles. The lowest BCUT2D eigenvalue weighted by Crippen LogP contribution is -2.50. The summed E-state index contributed by atoms with van der Waals surface area (Å²) in [6.45, 7) is 4.11. The molecule has 1 N–H and O–H groups in total. The highest BCUT2D eigenvalue weighted by Crippen LogP contribution is 2.27. The van der Waals surface area contributed by atoms with Crippen LogP contribution in [0.4, 0.5) is 0 Å². The highest BCUT2D eigenvalue weighted by molar-refractivity contribution is 6.30. The molecule has 0 radical (unpaired) electrons. The number of hydrogen-bond donors (Lipinski definition) is 1. The van der Waals surface area contributed by atoms with Crippen molar-refractivity contribution in [2.75, 3.05) is 32.7 Å². The van der Waals surface area contributed by atoms with Crippen molar-refractivity contribution < 1.29 is 9.59 Å². The van der Waals surface area contributed by atoms with Gasteiger partial charge in [-0.1, -0.05) is 60.7 Å². The zero-order chi connectivity index (χ0) is 23.0. The van der Waals surface area contributed by atoms with Crippen LogP contribution in [0.15, 0.2) is 60.7 Å². The van der Waals surface area contributed by atoms with Crippen LogP contribution in [0.5, 0.6) is 0 Å². The first-order valence-corrected chi connectivity index (χ1v) is 12.6. The Hall–Kier alpha value is -2.37. The van der Waals surface area contributed by atoms with E-state index in [1.807, 2.05) is 53.4 Å². The molecule has 0 aromatic heterocycles. The van der Waals surface area contributed by atoms with Gasteiger partial charge in [0.25, 0.3) is 0 Å². The molecule has 2 aliphatic rings. The van der Waals surface area contributed by atoms with Gasteiger partial charge >= 0.3 is 0 Å². The number of hydrogen-bond acceptors (Lipinski definition) is 3. The summed E-state index contributed by atoms with van der Waals surface area (Å²) in [4.78, 5) is 29.8. The fourth-order valence-corrected chi connectivity index (χ4v) is 5.31. The van der Waals surface area contributed by atoms with Crippen molar-refractivity contribution in [2.45, 2.75) is 43.5 Å². The molecule has 6 heteroatoms. The van der Waals surface area contributed by atoms with Crippen molar-refractivity contribution >= 4 is 23.4 Å². The second kappa shape index (κ2) is 11.7. The molecule has 0 spiro atoms. The van der Waals surface area contributed by atoms with Crippen LogP contribution < -0.4 is 5.32 Å². The topological polar surface area (TPSA) is 52.7 Å². The largest absolute Gasteiger partial charge is 0.356 e. The molecule has 33 heavy (non-hydrogen) atoms. The van der Waals surface area contributed by atoms with Crippen LogP contribution in [0, 0.1) is 5.92 Å². The Morgan fingerprint density at radius 3 is 2.12 bits per heavy atom. The van der Waals surface area contributed by atoms with Gasteiger partial charge in [-0.3, -0.25) is 9.59 Å². The van der Waals surface area contributed by atoms with Gasteiger partial charge in [0.2, 0.25) is 11.8 Å². The van der Waals surface area contributed by atoms with Crippen molar-refractivity contribution in [3.63, 3.8) is 0 Å². The Morgan fingerprint density at radius 2 is 1.48 bits per heavy atom. The van der Waals surface area contributed by atoms with Gasteiger partial charge in [0, 0.05) is 31.6 Å². The Bertz CT molecular complexity index is 892. The number of amides is 2. The van der Waals surface area contributed by atoms with Crippen LogP contribution in [-0.4, -0.2) is 60.4 Å². The number of carbonyl (C=O) groups is 2. The van der Waals surface area contributed by atoms with E-state index in [2.05, 4.69) is 22.3 Å². The minimum absolute atomic E-state index is 0.00667. The molecular weight excluding hydrogens is 434 g/mol. The summed E-state index contributed by atoms with van der Waals surface area (Å²) in [5.41, 5.74) is 2.11. The monoisotopic (exact) mass is 467 g/mol. The number of likely N-dealkylation sites (tertiary alicyclic amines) is 2.